The van der Waals surface area contributed by atoms with Crippen molar-refractivity contribution >= 4 is 0 Å². The predicted octanol–water partition coefficient (Wildman–Crippen LogP) is 7.28. The zero-order valence-electron chi connectivity index (χ0n) is 26.0. The predicted molar refractivity (Wildman–Crippen MR) is 165 cm³/mol. The van der Waals surface area contributed by atoms with Crippen LogP contribution in [0.15, 0.2) is 64.2 Å². The largest absolute Gasteiger partial charge is 0.352 e. The molecule has 9 atom stereocenters. The Morgan fingerprint density at radius 1 is 0.805 bits per heavy atom. The highest BCUT2D eigenvalue weighted by atomic mass is 16.2. The Kier molecular flexibility index (Phi) is 5.97. The van der Waals surface area contributed by atoms with E-state index in [0.29, 0.717) is 41.2 Å². The average Bonchev–Trinajstić information content (AvgIpc) is 3.46. The topological polar surface area (TPSA) is 48.9 Å². The van der Waals surface area contributed by atoms with E-state index in [1.54, 1.807) is 0 Å². The molecule has 8 rings (SSSR count). The molecule has 5 heteroatoms. The Morgan fingerprint density at radius 3 is 2.24 bits per heavy atom. The molecule has 2 bridgehead atoms. The van der Waals surface area contributed by atoms with E-state index >= 15 is 0 Å². The van der Waals surface area contributed by atoms with E-state index in [4.69, 9.17) is 0 Å². The molecular formula is C36H49N3O2. The third-order valence-corrected chi connectivity index (χ3v) is 13.5. The van der Waals surface area contributed by atoms with E-state index < -0.39 is 11.1 Å². The Morgan fingerprint density at radius 2 is 1.51 bits per heavy atom. The molecule has 3 heterocycles. The summed E-state index contributed by atoms with van der Waals surface area (Å²) in [6.07, 6.45) is 18.8. The molecule has 0 N–H and O–H groups in total. The molecule has 5 nitrogen and oxygen atoms in total. The summed E-state index contributed by atoms with van der Waals surface area (Å²) in [7, 11) is 0. The molecule has 0 unspecified atom stereocenters. The van der Waals surface area contributed by atoms with Gasteiger partial charge in [-0.15, -0.1) is 0 Å². The summed E-state index contributed by atoms with van der Waals surface area (Å²) in [6.45, 7) is 14.4. The van der Waals surface area contributed by atoms with Gasteiger partial charge >= 0.3 is 11.4 Å². The molecule has 2 aliphatic heterocycles. The zero-order chi connectivity index (χ0) is 28.9. The molecule has 4 aliphatic carbocycles. The van der Waals surface area contributed by atoms with E-state index in [1.165, 1.54) is 23.8 Å². The summed E-state index contributed by atoms with van der Waals surface area (Å²) in [6, 6.07) is 9.60. The van der Waals surface area contributed by atoms with E-state index in [0.717, 1.165) is 32.1 Å². The smallest absolute Gasteiger partial charge is 0.245 e. The van der Waals surface area contributed by atoms with Crippen molar-refractivity contribution in [2.45, 2.75) is 104 Å². The maximum atomic E-state index is 14.7. The molecule has 0 radical (unpaired) electrons. The van der Waals surface area contributed by atoms with E-state index in [1.807, 2.05) is 39.7 Å². The van der Waals surface area contributed by atoms with Crippen molar-refractivity contribution in [1.82, 2.24) is 13.9 Å². The summed E-state index contributed by atoms with van der Waals surface area (Å²) in [5, 5.41) is 0. The normalized spacial score (nSPS) is 40.3. The van der Waals surface area contributed by atoms with Gasteiger partial charge in [0.1, 0.15) is 0 Å². The van der Waals surface area contributed by atoms with E-state index in [9.17, 15) is 9.59 Å². The Labute approximate surface area is 245 Å². The van der Waals surface area contributed by atoms with Crippen molar-refractivity contribution in [2.24, 2.45) is 46.3 Å². The standard InChI is InChI=1S/C36H49N3O2/c1-24(2)25(3)14-15-26(4)28-16-17-29-33(28,5)21-18-30-34(6)19-10-11-20-35(34)22-23-36(29,30)39-32(41)37(31(40)38(35)39)27-12-8-7-9-13-27/h7-9,12-15,22-26,28-30H,10-11,16-21H2,1-6H3/b15-14+/t25-,26+,28+,29+,30+,33+,34+,35+,36+/m0/s1. The number of hydrogen-bond acceptors (Lipinski definition) is 2. The fraction of sp³-hybridized carbons (Fsp3) is 0.667. The van der Waals surface area contributed by atoms with Crippen LogP contribution in [-0.2, 0) is 11.1 Å². The molecule has 2 aromatic rings. The van der Waals surface area contributed by atoms with Gasteiger partial charge < -0.3 is 0 Å². The average molecular weight is 556 g/mol. The van der Waals surface area contributed by atoms with Crippen molar-refractivity contribution in [1.29, 1.82) is 0 Å². The summed E-state index contributed by atoms with van der Waals surface area (Å²) in [4.78, 5) is 29.2. The van der Waals surface area contributed by atoms with Crippen LogP contribution in [0, 0.1) is 46.3 Å². The molecule has 220 valence electrons. The summed E-state index contributed by atoms with van der Waals surface area (Å²) >= 11 is 0. The second-order valence-electron chi connectivity index (χ2n) is 15.3. The van der Waals surface area contributed by atoms with Gasteiger partial charge in [-0.3, -0.25) is 0 Å². The molecule has 1 aromatic heterocycles. The maximum absolute atomic E-state index is 14.7. The molecule has 1 aromatic carbocycles. The summed E-state index contributed by atoms with van der Waals surface area (Å²) < 4.78 is 5.50. The van der Waals surface area contributed by atoms with Crippen molar-refractivity contribution in [3.8, 4) is 5.69 Å². The molecule has 3 saturated carbocycles. The van der Waals surface area contributed by atoms with Gasteiger partial charge in [0.25, 0.3) is 0 Å². The lowest BCUT2D eigenvalue weighted by atomic mass is 9.40. The highest BCUT2D eigenvalue weighted by Crippen LogP contribution is 2.73. The third kappa shape index (κ3) is 3.24. The first-order valence-electron chi connectivity index (χ1n) is 16.4. The lowest BCUT2D eigenvalue weighted by Gasteiger charge is -2.71. The number of benzene rings is 1. The monoisotopic (exact) mass is 555 g/mol. The second kappa shape index (κ2) is 8.97. The fourth-order valence-electron chi connectivity index (χ4n) is 11.1. The lowest BCUT2D eigenvalue weighted by Crippen LogP contribution is -2.75. The number of hydrogen-bond donors (Lipinski definition) is 0. The van der Waals surface area contributed by atoms with Crippen molar-refractivity contribution < 1.29 is 0 Å². The highest BCUT2D eigenvalue weighted by Gasteiger charge is 2.74. The van der Waals surface area contributed by atoms with Crippen LogP contribution < -0.4 is 11.4 Å². The molecule has 6 aliphatic rings. The third-order valence-electron chi connectivity index (χ3n) is 13.5. The summed E-state index contributed by atoms with van der Waals surface area (Å²) in [5.41, 5.74) is -0.422. The Hall–Kier alpha value is -2.56. The number of nitrogens with zero attached hydrogens (tertiary/aromatic N) is 3. The van der Waals surface area contributed by atoms with Crippen LogP contribution in [0.25, 0.3) is 5.69 Å². The molecule has 3 fully saturated rings. The second-order valence-corrected chi connectivity index (χ2v) is 15.3. The van der Waals surface area contributed by atoms with E-state index in [2.05, 4.69) is 65.8 Å². The van der Waals surface area contributed by atoms with Gasteiger partial charge in [0, 0.05) is 5.41 Å². The zero-order valence-corrected chi connectivity index (χ0v) is 26.0. The van der Waals surface area contributed by atoms with Gasteiger partial charge in [0.05, 0.1) is 16.8 Å². The minimum Gasteiger partial charge on any atom is -0.245 e. The number of rotatable bonds is 5. The number of aromatic nitrogens is 3. The van der Waals surface area contributed by atoms with Crippen LogP contribution in [0.4, 0.5) is 0 Å². The van der Waals surface area contributed by atoms with Crippen LogP contribution in [0.2, 0.25) is 0 Å². The highest BCUT2D eigenvalue weighted by molar-refractivity contribution is 5.37. The van der Waals surface area contributed by atoms with E-state index in [-0.39, 0.29) is 22.2 Å². The first kappa shape index (κ1) is 27.3. The lowest BCUT2D eigenvalue weighted by molar-refractivity contribution is -0.188. The molecule has 0 amide bonds. The van der Waals surface area contributed by atoms with Gasteiger partial charge in [-0.25, -0.2) is 23.5 Å². The first-order valence-corrected chi connectivity index (χ1v) is 16.4. The number of fused-ring (bicyclic) bond motifs is 1. The summed E-state index contributed by atoms with van der Waals surface area (Å²) in [5.74, 6) is 2.98. The molecular weight excluding hydrogens is 506 g/mol. The molecule has 0 saturated heterocycles. The van der Waals surface area contributed by atoms with Gasteiger partial charge in [-0.2, -0.15) is 0 Å². The van der Waals surface area contributed by atoms with Crippen LogP contribution >= 0.6 is 0 Å². The van der Waals surface area contributed by atoms with Crippen molar-refractivity contribution in [2.75, 3.05) is 0 Å². The number of para-hydroxylation sites is 1. The van der Waals surface area contributed by atoms with Crippen LogP contribution in [0.1, 0.15) is 92.9 Å². The van der Waals surface area contributed by atoms with Crippen LogP contribution in [-0.4, -0.2) is 13.9 Å². The quantitative estimate of drug-likeness (QED) is 0.364. The van der Waals surface area contributed by atoms with Gasteiger partial charge in [-0.05, 0) is 91.6 Å². The van der Waals surface area contributed by atoms with Crippen molar-refractivity contribution in [3.05, 3.63) is 75.6 Å². The Balaban J connectivity index is 1.42. The van der Waals surface area contributed by atoms with Gasteiger partial charge in [-0.1, -0.05) is 96.9 Å². The van der Waals surface area contributed by atoms with Gasteiger partial charge in [0.2, 0.25) is 0 Å². The minimum atomic E-state index is -0.458. The Bertz CT molecular complexity index is 1530. The fourth-order valence-corrected chi connectivity index (χ4v) is 11.1. The minimum absolute atomic E-state index is 0.0310. The van der Waals surface area contributed by atoms with Crippen LogP contribution in [0.3, 0.4) is 0 Å². The number of allylic oxidation sites excluding steroid dienone is 4. The SMILES string of the molecule is CC(C)[C@@H](C)/C=C/[C@@H](C)[C@H]1CC[C@@H]2[C@]1(C)CC[C@H]1[C@@]23C=C[C@@]2(CCCC[C@]12C)n1c(=O)n(-c2ccccc2)c(=O)n13. The molecule has 41 heavy (non-hydrogen) atoms. The van der Waals surface area contributed by atoms with Gasteiger partial charge in [0.15, 0.2) is 0 Å². The van der Waals surface area contributed by atoms with Crippen LogP contribution in [0.5, 0.6) is 0 Å². The molecule has 2 spiro atoms. The maximum Gasteiger partial charge on any atom is 0.352 e. The first-order chi connectivity index (χ1) is 19.5. The van der Waals surface area contributed by atoms with Crippen molar-refractivity contribution in [3.63, 3.8) is 0 Å².